The van der Waals surface area contributed by atoms with Gasteiger partial charge in [-0.2, -0.15) is 0 Å². The molecule has 1 fully saturated rings. The molecule has 0 atom stereocenters. The summed E-state index contributed by atoms with van der Waals surface area (Å²) in [5.74, 6) is 0.935. The van der Waals surface area contributed by atoms with E-state index >= 15 is 0 Å². The number of benzene rings is 1. The van der Waals surface area contributed by atoms with E-state index in [1.54, 1.807) is 19.1 Å². The van der Waals surface area contributed by atoms with Gasteiger partial charge in [0, 0.05) is 5.69 Å². The molecule has 2 N–H and O–H groups in total. The van der Waals surface area contributed by atoms with Crippen LogP contribution < -0.4 is 5.32 Å². The zero-order valence-corrected chi connectivity index (χ0v) is 14.7. The first-order valence-electron chi connectivity index (χ1n) is 8.49. The number of nitrogens with one attached hydrogen (secondary N) is 1. The highest BCUT2D eigenvalue weighted by Gasteiger charge is 2.27. The lowest BCUT2D eigenvalue weighted by atomic mass is 9.92. The summed E-state index contributed by atoms with van der Waals surface area (Å²) in [4.78, 5) is 15.5. The van der Waals surface area contributed by atoms with E-state index in [1.165, 1.54) is 29.5 Å². The normalized spacial score (nSPS) is 14.0. The zero-order valence-electron chi connectivity index (χ0n) is 14.7. The van der Waals surface area contributed by atoms with Crippen molar-refractivity contribution in [3.63, 3.8) is 0 Å². The number of aromatic carboxylic acids is 1. The minimum absolute atomic E-state index is 0.240. The predicted molar refractivity (Wildman–Crippen MR) is 96.5 cm³/mol. The lowest BCUT2D eigenvalue weighted by molar-refractivity contribution is 0.0695. The molecule has 0 bridgehead atoms. The third kappa shape index (κ3) is 3.28. The summed E-state index contributed by atoms with van der Waals surface area (Å²) in [6, 6.07) is 7.85. The van der Waals surface area contributed by atoms with E-state index in [0.717, 1.165) is 11.6 Å². The summed E-state index contributed by atoms with van der Waals surface area (Å²) in [6.07, 6.45) is 2.59. The third-order valence-corrected chi connectivity index (χ3v) is 4.65. The van der Waals surface area contributed by atoms with Gasteiger partial charge < -0.3 is 10.4 Å². The van der Waals surface area contributed by atoms with Crippen LogP contribution in [-0.2, 0) is 0 Å². The number of rotatable bonds is 5. The number of pyridine rings is 1. The second-order valence-corrected chi connectivity index (χ2v) is 6.98. The van der Waals surface area contributed by atoms with Crippen molar-refractivity contribution >= 4 is 17.5 Å². The molecule has 3 rings (SSSR count). The lowest BCUT2D eigenvalue weighted by Crippen LogP contribution is -2.05. The van der Waals surface area contributed by atoms with E-state index in [4.69, 9.17) is 5.11 Å². The van der Waals surface area contributed by atoms with Gasteiger partial charge in [-0.05, 0) is 73.4 Å². The van der Waals surface area contributed by atoms with E-state index in [1.807, 2.05) is 0 Å². The molecule has 0 unspecified atom stereocenters. The van der Waals surface area contributed by atoms with E-state index in [9.17, 15) is 4.79 Å². The second-order valence-electron chi connectivity index (χ2n) is 6.98. The molecule has 0 aliphatic heterocycles. The standard InChI is InChI=1S/C20H24N2O2/c1-11(2)16-10-18(12(3)9-17(16)14-5-6-14)22-19-8-7-15(20(23)24)13(4)21-19/h7-11,14H,5-6H2,1-4H3,(H,21,22)(H,23,24). The van der Waals surface area contributed by atoms with Gasteiger partial charge in [-0.15, -0.1) is 0 Å². The number of anilines is 2. The number of carboxylic acid groups (broad SMARTS) is 1. The van der Waals surface area contributed by atoms with Crippen LogP contribution in [0.1, 0.15) is 71.3 Å². The Morgan fingerprint density at radius 1 is 1.25 bits per heavy atom. The van der Waals surface area contributed by atoms with E-state index < -0.39 is 5.97 Å². The quantitative estimate of drug-likeness (QED) is 0.799. The van der Waals surface area contributed by atoms with Crippen molar-refractivity contribution in [2.24, 2.45) is 0 Å². The van der Waals surface area contributed by atoms with Gasteiger partial charge in [0.1, 0.15) is 5.82 Å². The first kappa shape index (κ1) is 16.5. The van der Waals surface area contributed by atoms with Gasteiger partial charge in [0.15, 0.2) is 0 Å². The molecule has 2 aromatic rings. The molecule has 0 amide bonds. The van der Waals surface area contributed by atoms with Crippen LogP contribution in [0.5, 0.6) is 0 Å². The summed E-state index contributed by atoms with van der Waals surface area (Å²) < 4.78 is 0. The Hall–Kier alpha value is -2.36. The highest BCUT2D eigenvalue weighted by molar-refractivity contribution is 5.89. The number of carboxylic acids is 1. The van der Waals surface area contributed by atoms with Crippen LogP contribution in [0.15, 0.2) is 24.3 Å². The van der Waals surface area contributed by atoms with Crippen molar-refractivity contribution in [1.29, 1.82) is 0 Å². The summed E-state index contributed by atoms with van der Waals surface area (Å²) in [5, 5.41) is 12.5. The SMILES string of the molecule is Cc1cc(C2CC2)c(C(C)C)cc1Nc1ccc(C(=O)O)c(C)n1. The molecule has 0 radical (unpaired) electrons. The van der Waals surface area contributed by atoms with Gasteiger partial charge in [-0.3, -0.25) is 0 Å². The van der Waals surface area contributed by atoms with Crippen LogP contribution in [0.4, 0.5) is 11.5 Å². The molecule has 0 saturated heterocycles. The Morgan fingerprint density at radius 2 is 1.96 bits per heavy atom. The Labute approximate surface area is 142 Å². The van der Waals surface area contributed by atoms with Crippen LogP contribution >= 0.6 is 0 Å². The van der Waals surface area contributed by atoms with Gasteiger partial charge in [-0.1, -0.05) is 19.9 Å². The van der Waals surface area contributed by atoms with Crippen molar-refractivity contribution < 1.29 is 9.90 Å². The number of aromatic nitrogens is 1. The highest BCUT2D eigenvalue weighted by atomic mass is 16.4. The topological polar surface area (TPSA) is 62.2 Å². The molecule has 24 heavy (non-hydrogen) atoms. The molecule has 1 heterocycles. The van der Waals surface area contributed by atoms with Gasteiger partial charge in [0.25, 0.3) is 0 Å². The fraction of sp³-hybridized carbons (Fsp3) is 0.400. The van der Waals surface area contributed by atoms with Crippen LogP contribution in [0.25, 0.3) is 0 Å². The molecule has 1 aliphatic carbocycles. The van der Waals surface area contributed by atoms with Crippen LogP contribution in [0.3, 0.4) is 0 Å². The Bertz CT molecular complexity index is 792. The molecule has 1 aromatic carbocycles. The summed E-state index contributed by atoms with van der Waals surface area (Å²) in [7, 11) is 0. The summed E-state index contributed by atoms with van der Waals surface area (Å²) >= 11 is 0. The first-order chi connectivity index (χ1) is 11.4. The van der Waals surface area contributed by atoms with E-state index in [2.05, 4.69) is 43.2 Å². The molecule has 1 aromatic heterocycles. The van der Waals surface area contributed by atoms with Gasteiger partial charge in [0.2, 0.25) is 0 Å². The van der Waals surface area contributed by atoms with E-state index in [0.29, 0.717) is 17.4 Å². The largest absolute Gasteiger partial charge is 0.478 e. The average molecular weight is 324 g/mol. The maximum Gasteiger partial charge on any atom is 0.337 e. The van der Waals surface area contributed by atoms with Crippen molar-refractivity contribution in [3.05, 3.63) is 52.2 Å². The minimum Gasteiger partial charge on any atom is -0.478 e. The van der Waals surface area contributed by atoms with Crippen molar-refractivity contribution in [2.45, 2.75) is 52.4 Å². The molecule has 1 saturated carbocycles. The van der Waals surface area contributed by atoms with Gasteiger partial charge >= 0.3 is 5.97 Å². The molecule has 1 aliphatic rings. The molecule has 4 heteroatoms. The first-order valence-corrected chi connectivity index (χ1v) is 8.49. The molecular formula is C20H24N2O2. The van der Waals surface area contributed by atoms with Gasteiger partial charge in [0.05, 0.1) is 11.3 Å². The molecular weight excluding hydrogens is 300 g/mol. The maximum atomic E-state index is 11.1. The number of carbonyl (C=O) groups is 1. The third-order valence-electron chi connectivity index (χ3n) is 4.65. The van der Waals surface area contributed by atoms with Crippen molar-refractivity contribution in [2.75, 3.05) is 5.32 Å². The highest BCUT2D eigenvalue weighted by Crippen LogP contribution is 2.45. The number of nitrogens with zero attached hydrogens (tertiary/aromatic N) is 1. The predicted octanol–water partition coefficient (Wildman–Crippen LogP) is 5.14. The lowest BCUT2D eigenvalue weighted by Gasteiger charge is -2.18. The van der Waals surface area contributed by atoms with E-state index in [-0.39, 0.29) is 5.56 Å². The van der Waals surface area contributed by atoms with Crippen LogP contribution in [-0.4, -0.2) is 16.1 Å². The summed E-state index contributed by atoms with van der Waals surface area (Å²) in [5.41, 5.74) is 5.87. The number of aryl methyl sites for hydroxylation is 2. The Kier molecular flexibility index (Phi) is 4.31. The fourth-order valence-electron chi connectivity index (χ4n) is 3.12. The number of hydrogen-bond acceptors (Lipinski definition) is 3. The molecule has 126 valence electrons. The number of hydrogen-bond donors (Lipinski definition) is 2. The second kappa shape index (κ2) is 6.27. The fourth-order valence-corrected chi connectivity index (χ4v) is 3.12. The summed E-state index contributed by atoms with van der Waals surface area (Å²) in [6.45, 7) is 8.28. The Balaban J connectivity index is 1.93. The van der Waals surface area contributed by atoms with Crippen molar-refractivity contribution in [1.82, 2.24) is 4.98 Å². The van der Waals surface area contributed by atoms with Gasteiger partial charge in [-0.25, -0.2) is 9.78 Å². The Morgan fingerprint density at radius 3 is 2.50 bits per heavy atom. The minimum atomic E-state index is -0.946. The molecule has 4 nitrogen and oxygen atoms in total. The maximum absolute atomic E-state index is 11.1. The van der Waals surface area contributed by atoms with Crippen molar-refractivity contribution in [3.8, 4) is 0 Å². The average Bonchev–Trinajstić information content (AvgIpc) is 3.33. The monoisotopic (exact) mass is 324 g/mol. The zero-order chi connectivity index (χ0) is 17.4. The van der Waals surface area contributed by atoms with Crippen LogP contribution in [0, 0.1) is 13.8 Å². The smallest absolute Gasteiger partial charge is 0.337 e. The van der Waals surface area contributed by atoms with Crippen LogP contribution in [0.2, 0.25) is 0 Å². The molecule has 0 spiro atoms.